The lowest BCUT2D eigenvalue weighted by atomic mass is 9.82. The predicted octanol–water partition coefficient (Wildman–Crippen LogP) is 5.10. The Hall–Kier alpha value is -5.27. The number of imidazole rings is 1. The number of rotatable bonds is 10. The monoisotopic (exact) mass is 760 g/mol. The van der Waals surface area contributed by atoms with Crippen LogP contribution in [0, 0.1) is 11.7 Å². The molecular weight excluding hydrogens is 712 g/mol. The fourth-order valence-corrected chi connectivity index (χ4v) is 8.58. The van der Waals surface area contributed by atoms with Gasteiger partial charge in [0.25, 0.3) is 5.56 Å². The molecule has 56 heavy (non-hydrogen) atoms. The van der Waals surface area contributed by atoms with Crippen molar-refractivity contribution >= 4 is 22.7 Å². The van der Waals surface area contributed by atoms with E-state index in [0.717, 1.165) is 87.7 Å². The summed E-state index contributed by atoms with van der Waals surface area (Å²) in [5, 5.41) is 0.0468. The largest absolute Gasteiger partial charge is 0.348 e. The summed E-state index contributed by atoms with van der Waals surface area (Å²) >= 11 is 0. The molecule has 0 spiro atoms. The van der Waals surface area contributed by atoms with E-state index in [4.69, 9.17) is 0 Å². The lowest BCUT2D eigenvalue weighted by Crippen LogP contribution is -2.48. The molecule has 3 aliphatic rings. The highest BCUT2D eigenvalue weighted by Crippen LogP contribution is 2.34. The number of halogens is 1. The molecule has 12 nitrogen and oxygen atoms in total. The van der Waals surface area contributed by atoms with Gasteiger partial charge in [-0.25, -0.2) is 23.7 Å². The second kappa shape index (κ2) is 16.1. The lowest BCUT2D eigenvalue weighted by molar-refractivity contribution is -0.130. The summed E-state index contributed by atoms with van der Waals surface area (Å²) in [6, 6.07) is 16.7. The van der Waals surface area contributed by atoms with Gasteiger partial charge in [0.05, 0.1) is 23.8 Å². The van der Waals surface area contributed by atoms with Gasteiger partial charge in [0.2, 0.25) is 5.91 Å². The van der Waals surface area contributed by atoms with E-state index in [1.165, 1.54) is 14.7 Å². The van der Waals surface area contributed by atoms with Crippen molar-refractivity contribution < 1.29 is 14.0 Å². The van der Waals surface area contributed by atoms with Crippen LogP contribution in [0.15, 0.2) is 76.6 Å². The van der Waals surface area contributed by atoms with Crippen molar-refractivity contribution in [2.45, 2.75) is 70.5 Å². The Bertz CT molecular complexity index is 2340. The van der Waals surface area contributed by atoms with E-state index in [-0.39, 0.29) is 34.7 Å². The minimum atomic E-state index is -0.648. The molecule has 3 aromatic heterocycles. The Morgan fingerprint density at radius 1 is 0.875 bits per heavy atom. The molecule has 1 aliphatic carbocycles. The molecule has 0 atom stereocenters. The molecule has 5 heterocycles. The third-order valence-electron chi connectivity index (χ3n) is 11.9. The Morgan fingerprint density at radius 3 is 2.36 bits per heavy atom. The number of pyridine rings is 1. The van der Waals surface area contributed by atoms with E-state index in [0.29, 0.717) is 50.0 Å². The van der Waals surface area contributed by atoms with Crippen molar-refractivity contribution in [1.82, 2.24) is 38.4 Å². The summed E-state index contributed by atoms with van der Waals surface area (Å²) in [4.78, 5) is 68.8. The molecule has 5 aromatic rings. The fraction of sp³-hybridized carbons (Fsp3) is 0.442. The van der Waals surface area contributed by atoms with Crippen molar-refractivity contribution in [2.75, 3.05) is 46.8 Å². The summed E-state index contributed by atoms with van der Waals surface area (Å²) in [6.07, 6.45) is 8.89. The second-order valence-corrected chi connectivity index (χ2v) is 15.9. The van der Waals surface area contributed by atoms with Gasteiger partial charge in [-0.05, 0) is 79.3 Å². The van der Waals surface area contributed by atoms with Crippen LogP contribution >= 0.6 is 0 Å². The quantitative estimate of drug-likeness (QED) is 0.181. The van der Waals surface area contributed by atoms with Gasteiger partial charge in [-0.1, -0.05) is 36.4 Å². The van der Waals surface area contributed by atoms with E-state index in [1.54, 1.807) is 25.1 Å². The van der Waals surface area contributed by atoms with Gasteiger partial charge in [-0.2, -0.15) is 0 Å². The number of aryl methyl sites for hydroxylation is 2. The van der Waals surface area contributed by atoms with Crippen LogP contribution in [0.2, 0.25) is 0 Å². The van der Waals surface area contributed by atoms with Crippen molar-refractivity contribution in [1.29, 1.82) is 0 Å². The summed E-state index contributed by atoms with van der Waals surface area (Å²) in [7, 11) is 3.57. The maximum absolute atomic E-state index is 14.6. The minimum absolute atomic E-state index is 0.0426. The topological polar surface area (TPSA) is 119 Å². The number of hydrogen-bond acceptors (Lipinski definition) is 8. The van der Waals surface area contributed by atoms with Gasteiger partial charge in [-0.3, -0.25) is 28.8 Å². The highest BCUT2D eigenvalue weighted by atomic mass is 19.1. The van der Waals surface area contributed by atoms with Crippen molar-refractivity contribution in [3.05, 3.63) is 111 Å². The number of nitrogens with zero attached hydrogens (tertiary/aromatic N) is 8. The molecule has 0 radical (unpaired) electrons. The first-order valence-electron chi connectivity index (χ1n) is 19.9. The number of carbonyl (C=O) groups excluding carboxylic acids is 2. The van der Waals surface area contributed by atoms with Crippen LogP contribution in [0.5, 0.6) is 0 Å². The molecule has 0 unspecified atom stereocenters. The summed E-state index contributed by atoms with van der Waals surface area (Å²) in [5.41, 5.74) is 3.15. The normalized spacial score (nSPS) is 19.2. The number of fused-ring (bicyclic) bond motifs is 2. The number of benzene rings is 2. The number of carbonyl (C=O) groups is 2. The first-order chi connectivity index (χ1) is 27.1. The number of piperazine rings is 1. The standard InChI is InChI=1S/C43H49FN8O4/c1-47(2)40(54)28-49-20-18-48(19-21-49)26-30-9-13-31(14-10-30)32-6-5-7-35(23-32)51-41-36(24-33(44)25-45-41)42(55)52(43(51)56)34-15-11-29(12-16-34)22-38(53)37-27-50-17-4-3-8-39(50)46-37/h5-7,9-10,13-14,23-25,27,29,34H,3-4,8,11-12,15-22,26,28H2,1-2H3. The van der Waals surface area contributed by atoms with Gasteiger partial charge in [0.15, 0.2) is 11.4 Å². The SMILES string of the molecule is CN(C)C(=O)CN1CCN(Cc2ccc(-c3cccc(-n4c(=O)n(C5CCC(CC(=O)c6cn7c(n6)CCCC7)CC5)c(=O)c5cc(F)cnc54)c3)cc2)CC1. The zero-order chi connectivity index (χ0) is 38.9. The molecule has 1 amide bonds. The van der Waals surface area contributed by atoms with E-state index in [2.05, 4.69) is 48.6 Å². The van der Waals surface area contributed by atoms with E-state index < -0.39 is 17.1 Å². The maximum atomic E-state index is 14.6. The minimum Gasteiger partial charge on any atom is -0.348 e. The van der Waals surface area contributed by atoms with Crippen LogP contribution in [0.3, 0.4) is 0 Å². The van der Waals surface area contributed by atoms with Gasteiger partial charge in [-0.15, -0.1) is 0 Å². The number of Topliss-reactive ketones (excluding diaryl/α,β-unsaturated/α-hetero) is 1. The summed E-state index contributed by atoms with van der Waals surface area (Å²) in [6.45, 7) is 5.64. The lowest BCUT2D eigenvalue weighted by Gasteiger charge is -2.34. The van der Waals surface area contributed by atoms with E-state index in [1.807, 2.05) is 24.4 Å². The first kappa shape index (κ1) is 37.6. The van der Waals surface area contributed by atoms with Gasteiger partial charge in [0, 0.05) is 78.4 Å². The van der Waals surface area contributed by atoms with E-state index in [9.17, 15) is 23.6 Å². The molecule has 8 rings (SSSR count). The van der Waals surface area contributed by atoms with Gasteiger partial charge in [0.1, 0.15) is 17.3 Å². The number of hydrogen-bond donors (Lipinski definition) is 0. The number of ketones is 1. The summed E-state index contributed by atoms with van der Waals surface area (Å²) in [5.74, 6) is 0.632. The van der Waals surface area contributed by atoms with Crippen molar-refractivity contribution in [2.24, 2.45) is 5.92 Å². The Labute approximate surface area is 325 Å². The number of amides is 1. The van der Waals surface area contributed by atoms with Crippen LogP contribution < -0.4 is 11.2 Å². The zero-order valence-electron chi connectivity index (χ0n) is 32.2. The van der Waals surface area contributed by atoms with Crippen LogP contribution in [0.1, 0.15) is 72.9 Å². The Kier molecular flexibility index (Phi) is 10.8. The third-order valence-corrected chi connectivity index (χ3v) is 11.9. The molecule has 13 heteroatoms. The Morgan fingerprint density at radius 2 is 1.62 bits per heavy atom. The van der Waals surface area contributed by atoms with Crippen molar-refractivity contribution in [3.8, 4) is 16.8 Å². The third kappa shape index (κ3) is 7.88. The summed E-state index contributed by atoms with van der Waals surface area (Å²) < 4.78 is 19.4. The van der Waals surface area contributed by atoms with Gasteiger partial charge >= 0.3 is 5.69 Å². The number of aromatic nitrogens is 5. The average Bonchev–Trinajstić information content (AvgIpc) is 3.65. The van der Waals surface area contributed by atoms with Gasteiger partial charge < -0.3 is 9.47 Å². The molecule has 0 bridgehead atoms. The highest BCUT2D eigenvalue weighted by Gasteiger charge is 2.29. The molecule has 1 saturated heterocycles. The fourth-order valence-electron chi connectivity index (χ4n) is 8.58. The molecule has 0 N–H and O–H groups in total. The first-order valence-corrected chi connectivity index (χ1v) is 19.9. The maximum Gasteiger partial charge on any atom is 0.337 e. The van der Waals surface area contributed by atoms with E-state index >= 15 is 0 Å². The Balaban J connectivity index is 0.989. The molecule has 292 valence electrons. The molecule has 2 aromatic carbocycles. The molecular formula is C43H49FN8O4. The van der Waals surface area contributed by atoms with Crippen LogP contribution in [0.25, 0.3) is 27.8 Å². The smallest absolute Gasteiger partial charge is 0.337 e. The van der Waals surface area contributed by atoms with Crippen LogP contribution in [-0.2, 0) is 24.3 Å². The second-order valence-electron chi connectivity index (χ2n) is 15.9. The molecule has 2 aliphatic heterocycles. The van der Waals surface area contributed by atoms with Crippen molar-refractivity contribution in [3.63, 3.8) is 0 Å². The molecule has 2 fully saturated rings. The highest BCUT2D eigenvalue weighted by molar-refractivity contribution is 5.94. The van der Waals surface area contributed by atoms with Crippen LogP contribution in [0.4, 0.5) is 4.39 Å². The van der Waals surface area contributed by atoms with Crippen LogP contribution in [-0.4, -0.2) is 96.9 Å². The number of likely N-dealkylation sites (N-methyl/N-ethyl adjacent to an activating group) is 1. The average molecular weight is 761 g/mol. The zero-order valence-corrected chi connectivity index (χ0v) is 32.2. The molecule has 1 saturated carbocycles. The predicted molar refractivity (Wildman–Crippen MR) is 213 cm³/mol.